The van der Waals surface area contributed by atoms with Crippen molar-refractivity contribution in [1.29, 1.82) is 0 Å². The van der Waals surface area contributed by atoms with Gasteiger partial charge in [-0.25, -0.2) is 5.43 Å². The molecule has 2 aromatic carbocycles. The summed E-state index contributed by atoms with van der Waals surface area (Å²) in [5.74, 6) is 0.617. The van der Waals surface area contributed by atoms with Gasteiger partial charge < -0.3 is 0 Å². The van der Waals surface area contributed by atoms with Crippen molar-refractivity contribution in [2.75, 3.05) is 5.75 Å². The predicted octanol–water partition coefficient (Wildman–Crippen LogP) is 5.03. The molecule has 0 fully saturated rings. The number of pyridine rings is 1. The molecule has 1 N–H and O–H groups in total. The van der Waals surface area contributed by atoms with E-state index in [4.69, 9.17) is 0 Å². The molecular weight excluding hydrogens is 500 g/mol. The zero-order valence-electron chi connectivity index (χ0n) is 18.1. The molecule has 1 amide bonds. The summed E-state index contributed by atoms with van der Waals surface area (Å²) in [5.41, 5.74) is 7.26. The third-order valence-corrected chi connectivity index (χ3v) is 6.26. The maximum absolute atomic E-state index is 12.5. The number of amides is 1. The van der Waals surface area contributed by atoms with Crippen LogP contribution < -0.4 is 5.43 Å². The first kappa shape index (κ1) is 22.9. The normalized spacial score (nSPS) is 11.4. The molecule has 0 aliphatic rings. The Morgan fingerprint density at radius 3 is 2.42 bits per heavy atom. The topological polar surface area (TPSA) is 85.1 Å². The maximum atomic E-state index is 12.5. The number of thioether (sulfide) groups is 1. The van der Waals surface area contributed by atoms with Gasteiger partial charge in [-0.1, -0.05) is 57.5 Å². The Morgan fingerprint density at radius 2 is 1.73 bits per heavy atom. The predicted molar refractivity (Wildman–Crippen MR) is 135 cm³/mol. The smallest absolute Gasteiger partial charge is 0.250 e. The fourth-order valence-electron chi connectivity index (χ4n) is 3.04. The second-order valence-corrected chi connectivity index (χ2v) is 9.10. The van der Waals surface area contributed by atoms with Crippen LogP contribution in [0.2, 0.25) is 0 Å². The maximum Gasteiger partial charge on any atom is 0.250 e. The van der Waals surface area contributed by atoms with Gasteiger partial charge >= 0.3 is 0 Å². The summed E-state index contributed by atoms with van der Waals surface area (Å²) in [7, 11) is 0. The molecule has 0 radical (unpaired) electrons. The van der Waals surface area contributed by atoms with Crippen molar-refractivity contribution in [3.63, 3.8) is 0 Å². The molecule has 4 aromatic rings. The largest absolute Gasteiger partial charge is 0.272 e. The summed E-state index contributed by atoms with van der Waals surface area (Å²) < 4.78 is 2.94. The van der Waals surface area contributed by atoms with Crippen LogP contribution in [0.5, 0.6) is 0 Å². The van der Waals surface area contributed by atoms with Crippen LogP contribution in [-0.2, 0) is 4.79 Å². The van der Waals surface area contributed by atoms with E-state index in [2.05, 4.69) is 41.6 Å². The Bertz CT molecular complexity index is 1270. The molecule has 0 saturated carbocycles. The first-order chi connectivity index (χ1) is 16.0. The van der Waals surface area contributed by atoms with Gasteiger partial charge in [-0.05, 0) is 55.8 Å². The number of nitrogens with one attached hydrogen (secondary N) is 1. The summed E-state index contributed by atoms with van der Waals surface area (Å²) in [6, 6.07) is 19.6. The lowest BCUT2D eigenvalue weighted by atomic mass is 10.1. The van der Waals surface area contributed by atoms with Gasteiger partial charge in [-0.15, -0.1) is 10.2 Å². The van der Waals surface area contributed by atoms with Gasteiger partial charge in [0.05, 0.1) is 11.5 Å². The van der Waals surface area contributed by atoms with E-state index in [1.165, 1.54) is 11.8 Å². The highest BCUT2D eigenvalue weighted by Gasteiger charge is 2.17. The zero-order valence-corrected chi connectivity index (χ0v) is 20.5. The summed E-state index contributed by atoms with van der Waals surface area (Å²) in [4.78, 5) is 16.5. The number of carbonyl (C=O) groups excluding carboxylic acids is 1. The molecule has 166 valence electrons. The number of halogens is 1. The molecule has 0 atom stereocenters. The molecule has 7 nitrogen and oxygen atoms in total. The molecule has 0 spiro atoms. The quantitative estimate of drug-likeness (QED) is 0.210. The van der Waals surface area contributed by atoms with Crippen LogP contribution in [0, 0.1) is 6.92 Å². The van der Waals surface area contributed by atoms with E-state index in [9.17, 15) is 4.79 Å². The summed E-state index contributed by atoms with van der Waals surface area (Å²) in [6.07, 6.45) is 3.44. The molecule has 2 heterocycles. The van der Waals surface area contributed by atoms with Crippen LogP contribution in [0.3, 0.4) is 0 Å². The van der Waals surface area contributed by atoms with Gasteiger partial charge in [-0.3, -0.25) is 14.3 Å². The summed E-state index contributed by atoms with van der Waals surface area (Å²) in [5, 5.41) is 13.6. The first-order valence-electron chi connectivity index (χ1n) is 10.2. The van der Waals surface area contributed by atoms with Crippen molar-refractivity contribution in [2.45, 2.75) is 19.0 Å². The molecular formula is C24H21BrN6OS. The lowest BCUT2D eigenvalue weighted by Gasteiger charge is -2.10. The van der Waals surface area contributed by atoms with E-state index in [1.54, 1.807) is 12.4 Å². The standard InChI is InChI=1S/C24H21BrN6OS/c1-16-3-9-21(10-4-16)31-23(19-11-13-26-14-12-19)29-30-24(31)33-15-22(32)28-27-17(2)18-5-7-20(25)8-6-18/h3-14H,15H2,1-2H3,(H,28,32). The molecule has 0 aliphatic carbocycles. The lowest BCUT2D eigenvalue weighted by Crippen LogP contribution is -2.21. The summed E-state index contributed by atoms with van der Waals surface area (Å²) in [6.45, 7) is 3.89. The van der Waals surface area contributed by atoms with Crippen LogP contribution in [-0.4, -0.2) is 37.1 Å². The number of hydrogen-bond donors (Lipinski definition) is 1. The Hall–Kier alpha value is -3.30. The molecule has 0 aliphatic heterocycles. The Balaban J connectivity index is 1.51. The molecule has 0 saturated heterocycles. The second-order valence-electron chi connectivity index (χ2n) is 7.24. The van der Waals surface area contributed by atoms with Crippen LogP contribution in [0.25, 0.3) is 17.1 Å². The molecule has 33 heavy (non-hydrogen) atoms. The van der Waals surface area contributed by atoms with E-state index >= 15 is 0 Å². The number of rotatable bonds is 7. The van der Waals surface area contributed by atoms with E-state index in [-0.39, 0.29) is 11.7 Å². The minimum atomic E-state index is -0.222. The SMILES string of the molecule is CC(=NNC(=O)CSc1nnc(-c2ccncc2)n1-c1ccc(C)cc1)c1ccc(Br)cc1. The Labute approximate surface area is 204 Å². The summed E-state index contributed by atoms with van der Waals surface area (Å²) >= 11 is 4.72. The van der Waals surface area contributed by atoms with E-state index < -0.39 is 0 Å². The van der Waals surface area contributed by atoms with Gasteiger partial charge in [0.1, 0.15) is 0 Å². The van der Waals surface area contributed by atoms with Crippen molar-refractivity contribution >= 4 is 39.3 Å². The van der Waals surface area contributed by atoms with Crippen LogP contribution in [0.4, 0.5) is 0 Å². The molecule has 9 heteroatoms. The second kappa shape index (κ2) is 10.5. The number of nitrogens with zero attached hydrogens (tertiary/aromatic N) is 5. The van der Waals surface area contributed by atoms with E-state index in [1.807, 2.05) is 79.1 Å². The fourth-order valence-corrected chi connectivity index (χ4v) is 4.05. The van der Waals surface area contributed by atoms with Crippen molar-refractivity contribution in [3.8, 4) is 17.1 Å². The van der Waals surface area contributed by atoms with Crippen LogP contribution >= 0.6 is 27.7 Å². The minimum absolute atomic E-state index is 0.150. The van der Waals surface area contributed by atoms with Crippen LogP contribution in [0.1, 0.15) is 18.1 Å². The zero-order chi connectivity index (χ0) is 23.2. The third kappa shape index (κ3) is 5.74. The van der Waals surface area contributed by atoms with Gasteiger partial charge in [0.15, 0.2) is 11.0 Å². The van der Waals surface area contributed by atoms with Crippen LogP contribution in [0.15, 0.2) is 87.8 Å². The highest BCUT2D eigenvalue weighted by Crippen LogP contribution is 2.27. The molecule has 4 rings (SSSR count). The number of hydrazone groups is 1. The number of aromatic nitrogens is 4. The van der Waals surface area contributed by atoms with Gasteiger partial charge in [0.2, 0.25) is 0 Å². The van der Waals surface area contributed by atoms with E-state index in [0.29, 0.717) is 11.0 Å². The number of aryl methyl sites for hydroxylation is 1. The molecule has 0 unspecified atom stereocenters. The minimum Gasteiger partial charge on any atom is -0.272 e. The highest BCUT2D eigenvalue weighted by atomic mass is 79.9. The number of benzene rings is 2. The number of carbonyl (C=O) groups is 1. The van der Waals surface area contributed by atoms with Crippen molar-refractivity contribution in [2.24, 2.45) is 5.10 Å². The average molecular weight is 521 g/mol. The Kier molecular flexibility index (Phi) is 7.31. The van der Waals surface area contributed by atoms with Gasteiger partial charge in [0, 0.05) is 28.1 Å². The Morgan fingerprint density at radius 1 is 1.03 bits per heavy atom. The van der Waals surface area contributed by atoms with Gasteiger partial charge in [-0.2, -0.15) is 5.10 Å². The van der Waals surface area contributed by atoms with Crippen molar-refractivity contribution < 1.29 is 4.79 Å². The fraction of sp³-hybridized carbons (Fsp3) is 0.125. The third-order valence-electron chi connectivity index (χ3n) is 4.81. The highest BCUT2D eigenvalue weighted by molar-refractivity contribution is 9.10. The lowest BCUT2D eigenvalue weighted by molar-refractivity contribution is -0.118. The van der Waals surface area contributed by atoms with E-state index in [0.717, 1.165) is 32.6 Å². The van der Waals surface area contributed by atoms with Gasteiger partial charge in [0.25, 0.3) is 5.91 Å². The van der Waals surface area contributed by atoms with Crippen molar-refractivity contribution in [3.05, 3.63) is 88.7 Å². The molecule has 0 bridgehead atoms. The first-order valence-corrected chi connectivity index (χ1v) is 11.9. The monoisotopic (exact) mass is 520 g/mol. The molecule has 2 aromatic heterocycles. The van der Waals surface area contributed by atoms with Crippen molar-refractivity contribution in [1.82, 2.24) is 25.2 Å². The number of hydrogen-bond acceptors (Lipinski definition) is 6. The average Bonchev–Trinajstić information content (AvgIpc) is 3.26.